The second-order valence-corrected chi connectivity index (χ2v) is 6.64. The molecule has 0 heterocycles. The van der Waals surface area contributed by atoms with Gasteiger partial charge < -0.3 is 10.6 Å². The summed E-state index contributed by atoms with van der Waals surface area (Å²) in [6.45, 7) is 4.16. The van der Waals surface area contributed by atoms with Gasteiger partial charge in [0.1, 0.15) is 6.04 Å². The molecule has 0 saturated carbocycles. The number of hydrogen-bond donors (Lipinski definition) is 2. The molecule has 0 unspecified atom stereocenters. The fraction of sp³-hybridized carbons (Fsp3) is 0.174. The van der Waals surface area contributed by atoms with Crippen LogP contribution in [-0.4, -0.2) is 5.91 Å². The van der Waals surface area contributed by atoms with Crippen molar-refractivity contribution >= 4 is 11.6 Å². The minimum absolute atomic E-state index is 0.0113. The molecule has 0 saturated heterocycles. The summed E-state index contributed by atoms with van der Waals surface area (Å²) >= 11 is 0. The third kappa shape index (κ3) is 4.58. The van der Waals surface area contributed by atoms with Crippen molar-refractivity contribution < 1.29 is 10.1 Å². The van der Waals surface area contributed by atoms with Crippen LogP contribution >= 0.6 is 0 Å². The summed E-state index contributed by atoms with van der Waals surface area (Å²) in [6.07, 6.45) is 0. The topological polar surface area (TPSA) is 45.7 Å². The lowest BCUT2D eigenvalue weighted by molar-refractivity contribution is -0.718. The van der Waals surface area contributed by atoms with E-state index in [1.807, 2.05) is 79.7 Å². The number of quaternary nitrogens is 1. The van der Waals surface area contributed by atoms with E-state index < -0.39 is 0 Å². The molecule has 132 valence electrons. The van der Waals surface area contributed by atoms with E-state index in [2.05, 4.69) is 29.7 Å². The standard InChI is InChI=1S/C23H24N2O/c1-17-13-15-21(16-14-17)25-23(26)22(20-11-7-4-8-12-20)24-18(2)19-9-5-3-6-10-19/h3-16,18,22,24H,1-2H3,(H,25,26)/p+1/t18-,22+/m1/s1. The van der Waals surface area contributed by atoms with Crippen molar-refractivity contribution in [2.75, 3.05) is 5.32 Å². The molecule has 3 aromatic rings. The van der Waals surface area contributed by atoms with E-state index in [4.69, 9.17) is 0 Å². The molecule has 0 fully saturated rings. The molecule has 0 aromatic heterocycles. The maximum Gasteiger partial charge on any atom is 0.287 e. The first-order chi connectivity index (χ1) is 12.6. The van der Waals surface area contributed by atoms with Crippen molar-refractivity contribution in [2.45, 2.75) is 25.9 Å². The first-order valence-electron chi connectivity index (χ1n) is 8.96. The van der Waals surface area contributed by atoms with Crippen LogP contribution in [-0.2, 0) is 4.79 Å². The van der Waals surface area contributed by atoms with Crippen molar-refractivity contribution in [1.29, 1.82) is 0 Å². The summed E-state index contributed by atoms with van der Waals surface area (Å²) in [5, 5.41) is 5.17. The summed E-state index contributed by atoms with van der Waals surface area (Å²) in [5.74, 6) is -0.0113. The highest BCUT2D eigenvalue weighted by atomic mass is 16.2. The molecule has 0 aliphatic carbocycles. The number of nitrogens with one attached hydrogen (secondary N) is 1. The lowest BCUT2D eigenvalue weighted by atomic mass is 10.0. The van der Waals surface area contributed by atoms with Crippen LogP contribution in [0.1, 0.15) is 35.7 Å². The van der Waals surface area contributed by atoms with Gasteiger partial charge in [-0.1, -0.05) is 78.4 Å². The normalized spacial score (nSPS) is 13.0. The lowest BCUT2D eigenvalue weighted by Gasteiger charge is -2.20. The Hall–Kier alpha value is -2.91. The van der Waals surface area contributed by atoms with E-state index in [9.17, 15) is 4.79 Å². The average Bonchev–Trinajstić information content (AvgIpc) is 2.69. The highest BCUT2D eigenvalue weighted by Gasteiger charge is 2.27. The zero-order chi connectivity index (χ0) is 18.4. The molecule has 2 atom stereocenters. The molecule has 3 rings (SSSR count). The Morgan fingerprint density at radius 3 is 1.92 bits per heavy atom. The second-order valence-electron chi connectivity index (χ2n) is 6.64. The van der Waals surface area contributed by atoms with Gasteiger partial charge in [0.05, 0.1) is 0 Å². The summed E-state index contributed by atoms with van der Waals surface area (Å²) in [4.78, 5) is 13.0. The van der Waals surface area contributed by atoms with Crippen LogP contribution < -0.4 is 10.6 Å². The van der Waals surface area contributed by atoms with Crippen LogP contribution in [0.2, 0.25) is 0 Å². The van der Waals surface area contributed by atoms with E-state index in [-0.39, 0.29) is 18.0 Å². The third-order valence-corrected chi connectivity index (χ3v) is 4.57. The quantitative estimate of drug-likeness (QED) is 0.697. The monoisotopic (exact) mass is 345 g/mol. The van der Waals surface area contributed by atoms with Gasteiger partial charge in [-0.25, -0.2) is 0 Å². The molecule has 3 nitrogen and oxygen atoms in total. The van der Waals surface area contributed by atoms with Gasteiger partial charge in [0, 0.05) is 16.8 Å². The smallest absolute Gasteiger partial charge is 0.287 e. The molecule has 0 spiro atoms. The van der Waals surface area contributed by atoms with E-state index in [0.717, 1.165) is 11.3 Å². The summed E-state index contributed by atoms with van der Waals surface area (Å²) in [7, 11) is 0. The van der Waals surface area contributed by atoms with Gasteiger partial charge in [0.25, 0.3) is 5.91 Å². The van der Waals surface area contributed by atoms with Crippen molar-refractivity contribution in [3.8, 4) is 0 Å². The number of amides is 1. The Balaban J connectivity index is 1.81. The number of hydrogen-bond acceptors (Lipinski definition) is 1. The second kappa shape index (κ2) is 8.45. The molecule has 0 aliphatic rings. The number of aryl methyl sites for hydroxylation is 1. The summed E-state index contributed by atoms with van der Waals surface area (Å²) < 4.78 is 0. The number of benzene rings is 3. The molecule has 1 amide bonds. The van der Waals surface area contributed by atoms with Gasteiger partial charge in [-0.3, -0.25) is 4.79 Å². The maximum absolute atomic E-state index is 13.0. The van der Waals surface area contributed by atoms with Crippen LogP contribution in [0, 0.1) is 6.92 Å². The van der Waals surface area contributed by atoms with Gasteiger partial charge in [-0.05, 0) is 26.0 Å². The average molecular weight is 345 g/mol. The number of carbonyl (C=O) groups is 1. The Kier molecular flexibility index (Phi) is 5.82. The first kappa shape index (κ1) is 17.9. The molecular weight excluding hydrogens is 320 g/mol. The van der Waals surface area contributed by atoms with Gasteiger partial charge in [0.2, 0.25) is 0 Å². The number of rotatable bonds is 6. The summed E-state index contributed by atoms with van der Waals surface area (Å²) in [6, 6.07) is 28.0. The van der Waals surface area contributed by atoms with Gasteiger partial charge in [-0.2, -0.15) is 0 Å². The molecule has 26 heavy (non-hydrogen) atoms. The minimum Gasteiger partial charge on any atom is -0.326 e. The zero-order valence-corrected chi connectivity index (χ0v) is 15.2. The van der Waals surface area contributed by atoms with Crippen molar-refractivity contribution in [2.24, 2.45) is 0 Å². The number of carbonyl (C=O) groups excluding carboxylic acids is 1. The Labute approximate surface area is 155 Å². The van der Waals surface area contributed by atoms with Crippen molar-refractivity contribution in [1.82, 2.24) is 0 Å². The third-order valence-electron chi connectivity index (χ3n) is 4.57. The largest absolute Gasteiger partial charge is 0.326 e. The molecule has 3 heteroatoms. The van der Waals surface area contributed by atoms with Gasteiger partial charge in [0.15, 0.2) is 6.04 Å². The molecule has 0 aliphatic heterocycles. The summed E-state index contributed by atoms with van der Waals surface area (Å²) in [5.41, 5.74) is 4.20. The van der Waals surface area contributed by atoms with Crippen molar-refractivity contribution in [3.05, 3.63) is 102 Å². The molecule has 3 aromatic carbocycles. The van der Waals surface area contributed by atoms with Crippen molar-refractivity contribution in [3.63, 3.8) is 0 Å². The zero-order valence-electron chi connectivity index (χ0n) is 15.2. The molecule has 3 N–H and O–H groups in total. The van der Waals surface area contributed by atoms with Gasteiger partial charge in [-0.15, -0.1) is 0 Å². The molecular formula is C23H25N2O+. The van der Waals surface area contributed by atoms with Crippen LogP contribution in [0.4, 0.5) is 5.69 Å². The fourth-order valence-electron chi connectivity index (χ4n) is 3.02. The number of anilines is 1. The fourth-order valence-corrected chi connectivity index (χ4v) is 3.02. The Bertz CT molecular complexity index is 829. The maximum atomic E-state index is 13.0. The predicted octanol–water partition coefficient (Wildman–Crippen LogP) is 4.00. The van der Waals surface area contributed by atoms with Gasteiger partial charge >= 0.3 is 0 Å². The van der Waals surface area contributed by atoms with E-state index in [0.29, 0.717) is 0 Å². The SMILES string of the molecule is Cc1ccc(NC(=O)[C@@H]([NH2+][C@H](C)c2ccccc2)c2ccccc2)cc1. The first-order valence-corrected chi connectivity index (χ1v) is 8.96. The van der Waals surface area contributed by atoms with E-state index in [1.165, 1.54) is 11.1 Å². The van der Waals surface area contributed by atoms with E-state index >= 15 is 0 Å². The Morgan fingerprint density at radius 1 is 0.808 bits per heavy atom. The number of nitrogens with two attached hydrogens (primary N) is 1. The highest BCUT2D eigenvalue weighted by Crippen LogP contribution is 2.16. The van der Waals surface area contributed by atoms with Crippen LogP contribution in [0.25, 0.3) is 0 Å². The molecule has 0 bridgehead atoms. The van der Waals surface area contributed by atoms with E-state index in [1.54, 1.807) is 0 Å². The Morgan fingerprint density at radius 2 is 1.35 bits per heavy atom. The molecule has 0 radical (unpaired) electrons. The minimum atomic E-state index is -0.312. The van der Waals surface area contributed by atoms with Crippen LogP contribution in [0.5, 0.6) is 0 Å². The highest BCUT2D eigenvalue weighted by molar-refractivity contribution is 5.94. The van der Waals surface area contributed by atoms with Crippen LogP contribution in [0.3, 0.4) is 0 Å². The lowest BCUT2D eigenvalue weighted by Crippen LogP contribution is -2.87. The van der Waals surface area contributed by atoms with Crippen LogP contribution in [0.15, 0.2) is 84.9 Å². The predicted molar refractivity (Wildman–Crippen MR) is 106 cm³/mol.